The fourth-order valence-corrected chi connectivity index (χ4v) is 4.09. The lowest BCUT2D eigenvalue weighted by molar-refractivity contribution is 0.805. The summed E-state index contributed by atoms with van der Waals surface area (Å²) in [5, 5.41) is 6.61. The zero-order chi connectivity index (χ0) is 22.1. The van der Waals surface area contributed by atoms with E-state index >= 15 is 0 Å². The standard InChI is InChI=1S/C27H27N5/c1-18(2)29-24-16-27-25(15-23(24)30-20-14-13-19(3)28-17-20)31-22-11-7-8-12-26(22)32(27)21-9-5-4-6-10-21/h4-6,9-18,30H,7-8H2,1-3H3/b29-24+. The summed E-state index contributed by atoms with van der Waals surface area (Å²) in [6, 6.07) is 19.0. The normalized spacial score (nSPS) is 13.6. The van der Waals surface area contributed by atoms with Gasteiger partial charge in [-0.1, -0.05) is 30.4 Å². The van der Waals surface area contributed by atoms with Crippen LogP contribution < -0.4 is 21.4 Å². The van der Waals surface area contributed by atoms with E-state index in [1.165, 1.54) is 0 Å². The van der Waals surface area contributed by atoms with Crippen LogP contribution in [-0.2, 0) is 0 Å². The highest BCUT2D eigenvalue weighted by Crippen LogP contribution is 2.23. The van der Waals surface area contributed by atoms with Crippen LogP contribution in [0.5, 0.6) is 0 Å². The fraction of sp³-hybridized carbons (Fsp3) is 0.222. The van der Waals surface area contributed by atoms with Crippen LogP contribution in [0.1, 0.15) is 32.4 Å². The Bertz CT molecular complexity index is 1410. The molecule has 0 saturated carbocycles. The van der Waals surface area contributed by atoms with Gasteiger partial charge < -0.3 is 9.88 Å². The van der Waals surface area contributed by atoms with E-state index in [9.17, 15) is 0 Å². The van der Waals surface area contributed by atoms with Crippen molar-refractivity contribution in [1.29, 1.82) is 0 Å². The first-order valence-corrected chi connectivity index (χ1v) is 11.1. The van der Waals surface area contributed by atoms with Crippen molar-refractivity contribution in [2.24, 2.45) is 4.99 Å². The van der Waals surface area contributed by atoms with Crippen molar-refractivity contribution in [3.05, 3.63) is 82.5 Å². The molecule has 0 amide bonds. The van der Waals surface area contributed by atoms with Crippen LogP contribution in [0.3, 0.4) is 0 Å². The number of hydrogen-bond donors (Lipinski definition) is 1. The molecule has 1 N–H and O–H groups in total. The summed E-state index contributed by atoms with van der Waals surface area (Å²) < 4.78 is 2.31. The maximum atomic E-state index is 5.03. The van der Waals surface area contributed by atoms with E-state index in [1.807, 2.05) is 31.3 Å². The molecule has 160 valence electrons. The number of nitrogens with zero attached hydrogens (tertiary/aromatic N) is 4. The lowest BCUT2D eigenvalue weighted by Crippen LogP contribution is -2.40. The number of nitrogens with one attached hydrogen (secondary N) is 1. The van der Waals surface area contributed by atoms with Crippen LogP contribution in [0.4, 0.5) is 11.4 Å². The van der Waals surface area contributed by atoms with E-state index in [1.54, 1.807) is 0 Å². The van der Waals surface area contributed by atoms with Crippen molar-refractivity contribution in [1.82, 2.24) is 14.5 Å². The van der Waals surface area contributed by atoms with Gasteiger partial charge in [0.05, 0.1) is 45.0 Å². The smallest absolute Gasteiger partial charge is 0.0900 e. The molecule has 0 fully saturated rings. The van der Waals surface area contributed by atoms with Gasteiger partial charge in [0.15, 0.2) is 0 Å². The Kier molecular flexibility index (Phi) is 5.31. The minimum Gasteiger partial charge on any atom is -0.352 e. The highest BCUT2D eigenvalue weighted by atomic mass is 15.0. The summed E-state index contributed by atoms with van der Waals surface area (Å²) in [7, 11) is 0. The number of para-hydroxylation sites is 1. The van der Waals surface area contributed by atoms with Gasteiger partial charge in [0, 0.05) is 17.4 Å². The summed E-state index contributed by atoms with van der Waals surface area (Å²) in [5.74, 6) is 0. The van der Waals surface area contributed by atoms with E-state index in [4.69, 9.17) is 9.98 Å². The van der Waals surface area contributed by atoms with Crippen molar-refractivity contribution in [3.8, 4) is 17.1 Å². The van der Waals surface area contributed by atoms with Crippen molar-refractivity contribution in [2.45, 2.75) is 39.7 Å². The van der Waals surface area contributed by atoms with Crippen molar-refractivity contribution in [2.75, 3.05) is 5.32 Å². The molecule has 0 saturated heterocycles. The van der Waals surface area contributed by atoms with Crippen LogP contribution in [0.15, 0.2) is 65.8 Å². The first kappa shape index (κ1) is 20.2. The SMILES string of the molecule is Cc1ccc(Nc2cc3nc4c(n(-c5ccccc5)c-3c/c2=N\C(C)C)=CCCC=4)cn1. The summed E-state index contributed by atoms with van der Waals surface area (Å²) in [4.78, 5) is 14.4. The molecule has 5 heteroatoms. The monoisotopic (exact) mass is 421 g/mol. The van der Waals surface area contributed by atoms with Crippen molar-refractivity contribution in [3.63, 3.8) is 0 Å². The molecule has 1 aliphatic heterocycles. The Labute approximate surface area is 187 Å². The van der Waals surface area contributed by atoms with E-state index in [-0.39, 0.29) is 6.04 Å². The molecule has 1 aromatic carbocycles. The van der Waals surface area contributed by atoms with Gasteiger partial charge in [-0.05, 0) is 70.0 Å². The van der Waals surface area contributed by atoms with Crippen LogP contribution >= 0.6 is 0 Å². The minimum atomic E-state index is 0.166. The third-order valence-electron chi connectivity index (χ3n) is 5.52. The molecule has 0 atom stereocenters. The first-order valence-electron chi connectivity index (χ1n) is 11.1. The van der Waals surface area contributed by atoms with Gasteiger partial charge in [-0.2, -0.15) is 0 Å². The quantitative estimate of drug-likeness (QED) is 0.540. The second-order valence-electron chi connectivity index (χ2n) is 8.43. The van der Waals surface area contributed by atoms with Crippen LogP contribution in [0, 0.1) is 6.92 Å². The third-order valence-corrected chi connectivity index (χ3v) is 5.52. The lowest BCUT2D eigenvalue weighted by atomic mass is 10.1. The molecule has 3 aliphatic rings. The van der Waals surface area contributed by atoms with Gasteiger partial charge in [0.25, 0.3) is 0 Å². The Morgan fingerprint density at radius 1 is 1.00 bits per heavy atom. The molecule has 0 unspecified atom stereocenters. The van der Waals surface area contributed by atoms with Gasteiger partial charge in [0.1, 0.15) is 0 Å². The minimum absolute atomic E-state index is 0.166. The highest BCUT2D eigenvalue weighted by Gasteiger charge is 2.16. The van der Waals surface area contributed by atoms with Gasteiger partial charge in [0.2, 0.25) is 0 Å². The summed E-state index contributed by atoms with van der Waals surface area (Å²) in [5.41, 5.74) is 5.97. The first-order chi connectivity index (χ1) is 15.6. The summed E-state index contributed by atoms with van der Waals surface area (Å²) in [6.45, 7) is 6.18. The van der Waals surface area contributed by atoms with Gasteiger partial charge in [-0.3, -0.25) is 9.98 Å². The molecule has 0 bridgehead atoms. The molecular formula is C27H27N5. The molecule has 5 nitrogen and oxygen atoms in total. The van der Waals surface area contributed by atoms with Gasteiger partial charge >= 0.3 is 0 Å². The molecule has 2 aromatic rings. The van der Waals surface area contributed by atoms with E-state index < -0.39 is 0 Å². The predicted molar refractivity (Wildman–Crippen MR) is 131 cm³/mol. The zero-order valence-electron chi connectivity index (χ0n) is 18.7. The number of benzene rings is 2. The largest absolute Gasteiger partial charge is 0.352 e. The molecule has 0 radical (unpaired) electrons. The molecule has 2 heterocycles. The lowest BCUT2D eigenvalue weighted by Gasteiger charge is -2.20. The van der Waals surface area contributed by atoms with Gasteiger partial charge in [-0.25, -0.2) is 4.98 Å². The maximum absolute atomic E-state index is 5.03. The van der Waals surface area contributed by atoms with Crippen LogP contribution in [0.2, 0.25) is 0 Å². The number of pyridine rings is 1. The molecule has 2 aliphatic carbocycles. The summed E-state index contributed by atoms with van der Waals surface area (Å²) in [6.07, 6.45) is 8.42. The molecule has 0 spiro atoms. The Morgan fingerprint density at radius 2 is 1.81 bits per heavy atom. The third kappa shape index (κ3) is 3.94. The fourth-order valence-electron chi connectivity index (χ4n) is 4.09. The van der Waals surface area contributed by atoms with Crippen LogP contribution in [0.25, 0.3) is 29.2 Å². The molecule has 32 heavy (non-hydrogen) atoms. The number of rotatable bonds is 4. The van der Waals surface area contributed by atoms with Crippen molar-refractivity contribution < 1.29 is 0 Å². The molecular weight excluding hydrogens is 394 g/mol. The van der Waals surface area contributed by atoms with E-state index in [0.717, 1.165) is 63.0 Å². The summed E-state index contributed by atoms with van der Waals surface area (Å²) >= 11 is 0. The van der Waals surface area contributed by atoms with E-state index in [0.29, 0.717) is 0 Å². The second kappa shape index (κ2) is 8.42. The number of fused-ring (bicyclic) bond motifs is 2. The predicted octanol–water partition coefficient (Wildman–Crippen LogP) is 4.09. The number of aryl methyl sites for hydroxylation is 1. The maximum Gasteiger partial charge on any atom is 0.0900 e. The van der Waals surface area contributed by atoms with E-state index in [2.05, 4.69) is 77.3 Å². The second-order valence-corrected chi connectivity index (χ2v) is 8.43. The number of aromatic nitrogens is 3. The average Bonchev–Trinajstić information content (AvgIpc) is 2.80. The zero-order valence-corrected chi connectivity index (χ0v) is 18.7. The number of hydrogen-bond acceptors (Lipinski definition) is 4. The molecule has 5 rings (SSSR count). The average molecular weight is 422 g/mol. The number of anilines is 2. The Hall–Kier alpha value is -3.73. The Morgan fingerprint density at radius 3 is 2.56 bits per heavy atom. The van der Waals surface area contributed by atoms with Gasteiger partial charge in [-0.15, -0.1) is 0 Å². The van der Waals surface area contributed by atoms with Crippen LogP contribution in [-0.4, -0.2) is 20.6 Å². The Balaban J connectivity index is 1.81. The topological polar surface area (TPSA) is 55.1 Å². The van der Waals surface area contributed by atoms with Crippen molar-refractivity contribution >= 4 is 23.5 Å². The highest BCUT2D eigenvalue weighted by molar-refractivity contribution is 5.70. The molecule has 1 aromatic heterocycles.